The SMILES string of the molecule is Clc1nc(-c2ccc(-c3ccccc3)cc2)nc(-c2ccc3c(c2)oc2ccccc23)n1.[B]B([B])B(B([B])[B])B(B([B])[B])B([B])[B]. The van der Waals surface area contributed by atoms with Crippen LogP contribution >= 0.6 is 11.6 Å². The molecule has 4 nitrogen and oxygen atoms in total. The van der Waals surface area contributed by atoms with Crippen molar-refractivity contribution >= 4 is 134 Å². The van der Waals surface area contributed by atoms with Gasteiger partial charge in [-0.15, -0.1) is 0 Å². The lowest BCUT2D eigenvalue weighted by Gasteiger charge is -2.34. The molecule has 0 spiro atoms. The topological polar surface area (TPSA) is 51.8 Å². The van der Waals surface area contributed by atoms with Crippen LogP contribution in [-0.2, 0) is 0 Å². The summed E-state index contributed by atoms with van der Waals surface area (Å²) in [6.45, 7) is 0. The number of para-hydroxylation sites is 1. The normalized spacial score (nSPS) is 10.5. The van der Waals surface area contributed by atoms with Crippen molar-refractivity contribution in [3.63, 3.8) is 0 Å². The van der Waals surface area contributed by atoms with Gasteiger partial charge in [-0.25, -0.2) is 4.98 Å². The van der Waals surface area contributed by atoms with Crippen molar-refractivity contribution in [2.75, 3.05) is 0 Å². The fraction of sp³-hybridized carbons (Fsp3) is 0. The van der Waals surface area contributed by atoms with Crippen LogP contribution < -0.4 is 0 Å². The molecule has 0 aliphatic heterocycles. The molecule has 0 atom stereocenters. The van der Waals surface area contributed by atoms with Crippen molar-refractivity contribution in [2.45, 2.75) is 0 Å². The third kappa shape index (κ3) is 7.88. The van der Waals surface area contributed by atoms with Crippen LogP contribution in [0.3, 0.4) is 0 Å². The Kier molecular flexibility index (Phi) is 11.3. The molecule has 46 heavy (non-hydrogen) atoms. The van der Waals surface area contributed by atoms with Gasteiger partial charge in [0.2, 0.25) is 5.28 Å². The molecular weight excluding hydrogens is 569 g/mol. The zero-order chi connectivity index (χ0) is 33.0. The molecular formula is C27H16B14ClN3O. The standard InChI is InChI=1S/C27H16ClN3O.B14/c28-27-30-25(19-12-10-18(11-13-19)17-6-2-1-3-7-17)29-26(31-27)20-14-15-22-21-8-4-5-9-23(21)32-24(22)16-20;1-9(2)13(10(3)4)14(11(5)6)12(7)8/h1-16H;. The minimum atomic E-state index is -0.760. The molecule has 2 aromatic heterocycles. The third-order valence-electron chi connectivity index (χ3n) is 7.72. The Morgan fingerprint density at radius 2 is 0.913 bits per heavy atom. The fourth-order valence-electron chi connectivity index (χ4n) is 5.46. The number of fused-ring (bicyclic) bond motifs is 3. The monoisotopic (exact) mass is 587 g/mol. The van der Waals surface area contributed by atoms with Crippen molar-refractivity contribution in [1.29, 1.82) is 0 Å². The number of nitrogens with zero attached hydrogens (tertiary/aromatic N) is 3. The molecule has 0 bridgehead atoms. The van der Waals surface area contributed by atoms with Gasteiger partial charge in [-0.3, -0.25) is 0 Å². The summed E-state index contributed by atoms with van der Waals surface area (Å²) in [7, 11) is 44.1. The molecule has 0 amide bonds. The molecule has 0 N–H and O–H groups in total. The van der Waals surface area contributed by atoms with E-state index in [9.17, 15) is 0 Å². The van der Waals surface area contributed by atoms with E-state index in [2.05, 4.69) is 45.3 Å². The number of hydrogen-bond donors (Lipinski definition) is 0. The molecule has 194 valence electrons. The van der Waals surface area contributed by atoms with E-state index in [4.69, 9.17) is 77.9 Å². The van der Waals surface area contributed by atoms with Gasteiger partial charge in [-0.1, -0.05) is 78.9 Å². The van der Waals surface area contributed by atoms with E-state index in [0.29, 0.717) is 11.6 Å². The number of furan rings is 1. The van der Waals surface area contributed by atoms with Crippen LogP contribution in [0.4, 0.5) is 0 Å². The summed E-state index contributed by atoms with van der Waals surface area (Å²) in [6, 6.07) is 32.3. The van der Waals surface area contributed by atoms with E-state index in [1.165, 1.54) is 0 Å². The van der Waals surface area contributed by atoms with Crippen molar-refractivity contribution in [2.24, 2.45) is 0 Å². The van der Waals surface area contributed by atoms with Crippen molar-refractivity contribution in [1.82, 2.24) is 15.0 Å². The molecule has 0 unspecified atom stereocenters. The zero-order valence-electron chi connectivity index (χ0n) is 24.9. The second kappa shape index (κ2) is 15.2. The molecule has 0 aliphatic carbocycles. The van der Waals surface area contributed by atoms with Gasteiger partial charge in [0.25, 0.3) is 0 Å². The maximum absolute atomic E-state index is 6.27. The molecule has 0 saturated carbocycles. The average molecular weight is 585 g/mol. The summed E-state index contributed by atoms with van der Waals surface area (Å²) in [4.78, 5) is 13.4. The highest BCUT2D eigenvalue weighted by atomic mass is 35.5. The minimum Gasteiger partial charge on any atom is -0.456 e. The lowest BCUT2D eigenvalue weighted by Crippen LogP contribution is -2.72. The predicted molar refractivity (Wildman–Crippen MR) is 209 cm³/mol. The van der Waals surface area contributed by atoms with E-state index in [1.54, 1.807) is 0 Å². The molecule has 6 aromatic rings. The molecule has 0 saturated heterocycles. The van der Waals surface area contributed by atoms with Crippen LogP contribution in [-0.4, -0.2) is 115 Å². The average Bonchev–Trinajstić information content (AvgIpc) is 3.41. The number of halogens is 1. The quantitative estimate of drug-likeness (QED) is 0.257. The zero-order valence-corrected chi connectivity index (χ0v) is 25.7. The Morgan fingerprint density at radius 1 is 0.457 bits per heavy atom. The van der Waals surface area contributed by atoms with E-state index < -0.39 is 38.3 Å². The molecule has 19 heteroatoms. The van der Waals surface area contributed by atoms with Crippen LogP contribution in [0.5, 0.6) is 0 Å². The maximum atomic E-state index is 6.27. The van der Waals surface area contributed by atoms with Crippen molar-refractivity contribution in [3.8, 4) is 33.9 Å². The Bertz CT molecular complexity index is 1880. The lowest BCUT2D eigenvalue weighted by atomic mass is 8.47. The Hall–Kier alpha value is -3.11. The summed E-state index contributed by atoms with van der Waals surface area (Å²) in [6.07, 6.45) is -4.08. The van der Waals surface area contributed by atoms with Crippen LogP contribution in [0.1, 0.15) is 0 Å². The Labute approximate surface area is 288 Å². The first-order chi connectivity index (χ1) is 22.0. The van der Waals surface area contributed by atoms with Crippen LogP contribution in [0, 0.1) is 0 Å². The first-order valence-electron chi connectivity index (χ1n) is 14.6. The molecule has 0 aliphatic rings. The van der Waals surface area contributed by atoms with E-state index in [-0.39, 0.29) is 5.28 Å². The molecule has 4 aromatic carbocycles. The van der Waals surface area contributed by atoms with Gasteiger partial charge in [0.1, 0.15) is 11.2 Å². The van der Waals surface area contributed by atoms with Crippen LogP contribution in [0.2, 0.25) is 5.28 Å². The smallest absolute Gasteiger partial charge is 0.226 e. The van der Waals surface area contributed by atoms with Crippen LogP contribution in [0.25, 0.3) is 55.8 Å². The highest BCUT2D eigenvalue weighted by molar-refractivity contribution is 8.10. The van der Waals surface area contributed by atoms with Crippen molar-refractivity contribution in [3.05, 3.63) is 102 Å². The number of aromatic nitrogens is 3. The third-order valence-corrected chi connectivity index (χ3v) is 7.89. The first-order valence-corrected chi connectivity index (χ1v) is 14.9. The highest BCUT2D eigenvalue weighted by Gasteiger charge is 2.35. The molecule has 16 radical (unpaired) electrons. The van der Waals surface area contributed by atoms with Gasteiger partial charge < -0.3 is 4.42 Å². The maximum Gasteiger partial charge on any atom is 0.226 e. The molecule has 6 rings (SSSR count). The van der Waals surface area contributed by atoms with Gasteiger partial charge in [-0.05, 0) is 40.9 Å². The van der Waals surface area contributed by atoms with Crippen molar-refractivity contribution < 1.29 is 4.42 Å². The lowest BCUT2D eigenvalue weighted by molar-refractivity contribution is 0.669. The van der Waals surface area contributed by atoms with Gasteiger partial charge >= 0.3 is 0 Å². The van der Waals surface area contributed by atoms with Gasteiger partial charge in [-0.2, -0.15) is 9.97 Å². The van der Waals surface area contributed by atoms with E-state index >= 15 is 0 Å². The Morgan fingerprint density at radius 3 is 1.50 bits per heavy atom. The molecule has 2 heterocycles. The van der Waals surface area contributed by atoms with Crippen LogP contribution in [0.15, 0.2) is 101 Å². The second-order valence-electron chi connectivity index (χ2n) is 11.0. The summed E-state index contributed by atoms with van der Waals surface area (Å²) in [5, 5.41) is 2.30. The summed E-state index contributed by atoms with van der Waals surface area (Å²) in [5.41, 5.74) is 5.63. The van der Waals surface area contributed by atoms with Gasteiger partial charge in [0, 0.05) is 122 Å². The van der Waals surface area contributed by atoms with E-state index in [1.807, 2.05) is 66.7 Å². The first kappa shape index (κ1) is 34.2. The van der Waals surface area contributed by atoms with Gasteiger partial charge in [0.15, 0.2) is 11.6 Å². The Balaban J connectivity index is 0.000000254. The number of benzene rings is 4. The number of rotatable bonds is 8. The molecule has 0 fully saturated rings. The largest absolute Gasteiger partial charge is 0.456 e. The fourth-order valence-corrected chi connectivity index (χ4v) is 5.62. The summed E-state index contributed by atoms with van der Waals surface area (Å²) >= 11 is 6.27. The minimum absolute atomic E-state index is 0.154. The van der Waals surface area contributed by atoms with E-state index in [0.717, 1.165) is 44.2 Å². The summed E-state index contributed by atoms with van der Waals surface area (Å²) < 4.78 is 6.01. The predicted octanol–water partition coefficient (Wildman–Crippen LogP) is 2.09. The second-order valence-corrected chi connectivity index (χ2v) is 11.3. The highest BCUT2D eigenvalue weighted by Crippen LogP contribution is 2.32. The summed E-state index contributed by atoms with van der Waals surface area (Å²) in [5.74, 6) is 1.04. The number of hydrogen-bond acceptors (Lipinski definition) is 4. The van der Waals surface area contributed by atoms with Gasteiger partial charge in [0.05, 0.1) is 0 Å².